The van der Waals surface area contributed by atoms with Gasteiger partial charge in [0.05, 0.1) is 12.3 Å². The molecule has 0 spiro atoms. The molecule has 1 aromatic heterocycles. The van der Waals surface area contributed by atoms with Gasteiger partial charge in [0.1, 0.15) is 6.61 Å². The smallest absolute Gasteiger partial charge is 0.329 e. The van der Waals surface area contributed by atoms with Crippen LogP contribution in [0.15, 0.2) is 54.7 Å². The molecule has 33 heavy (non-hydrogen) atoms. The molecule has 0 aliphatic carbocycles. The van der Waals surface area contributed by atoms with Gasteiger partial charge in [-0.3, -0.25) is 0 Å². The Hall–Kier alpha value is -3.12. The van der Waals surface area contributed by atoms with Crippen LogP contribution in [0.1, 0.15) is 58.2 Å². The van der Waals surface area contributed by atoms with Crippen LogP contribution in [-0.2, 0) is 27.0 Å². The van der Waals surface area contributed by atoms with Crippen LogP contribution < -0.4 is 4.90 Å². The SMILES string of the molecule is CN(c1cc(C(C)(C)C)c(COCC(=O)O)c(C(C)(C)C)c1)c1ccn(-c2ccccc2)n1. The van der Waals surface area contributed by atoms with Gasteiger partial charge in [0.25, 0.3) is 0 Å². The third-order valence-corrected chi connectivity index (χ3v) is 5.65. The molecule has 0 unspecified atom stereocenters. The predicted octanol–water partition coefficient (Wildman–Crippen LogP) is 5.84. The molecule has 0 saturated carbocycles. The number of carboxylic acids is 1. The Morgan fingerprint density at radius 1 is 1.00 bits per heavy atom. The zero-order chi connectivity index (χ0) is 24.4. The maximum Gasteiger partial charge on any atom is 0.329 e. The molecule has 0 aliphatic rings. The first-order valence-electron chi connectivity index (χ1n) is 11.2. The van der Waals surface area contributed by atoms with E-state index in [1.54, 1.807) is 0 Å². The Kier molecular flexibility index (Phi) is 6.98. The largest absolute Gasteiger partial charge is 0.480 e. The molecule has 0 atom stereocenters. The highest BCUT2D eigenvalue weighted by Gasteiger charge is 2.28. The number of nitrogens with zero attached hydrogens (tertiary/aromatic N) is 3. The van der Waals surface area contributed by atoms with Crippen LogP contribution in [0, 0.1) is 0 Å². The summed E-state index contributed by atoms with van der Waals surface area (Å²) in [5.41, 5.74) is 5.08. The Morgan fingerprint density at radius 2 is 1.58 bits per heavy atom. The molecule has 0 saturated heterocycles. The van der Waals surface area contributed by atoms with Crippen LogP contribution in [0.2, 0.25) is 0 Å². The quantitative estimate of drug-likeness (QED) is 0.491. The van der Waals surface area contributed by atoms with Gasteiger partial charge in [-0.2, -0.15) is 0 Å². The second kappa shape index (κ2) is 9.40. The van der Waals surface area contributed by atoms with Crippen LogP contribution in [-0.4, -0.2) is 34.5 Å². The van der Waals surface area contributed by atoms with E-state index in [4.69, 9.17) is 14.9 Å². The van der Waals surface area contributed by atoms with Crippen molar-refractivity contribution < 1.29 is 14.6 Å². The number of carbonyl (C=O) groups is 1. The van der Waals surface area contributed by atoms with E-state index in [2.05, 4.69) is 58.6 Å². The molecule has 176 valence electrons. The number of aromatic nitrogens is 2. The molecular weight excluding hydrogens is 414 g/mol. The highest BCUT2D eigenvalue weighted by molar-refractivity contribution is 5.68. The number of carboxylic acid groups (broad SMARTS) is 1. The number of para-hydroxylation sites is 1. The first-order chi connectivity index (χ1) is 15.4. The van der Waals surface area contributed by atoms with E-state index in [1.807, 2.05) is 54.3 Å². The summed E-state index contributed by atoms with van der Waals surface area (Å²) in [6.45, 7) is 13.0. The summed E-state index contributed by atoms with van der Waals surface area (Å²) in [5.74, 6) is -0.122. The minimum atomic E-state index is -0.963. The zero-order valence-corrected chi connectivity index (χ0v) is 20.7. The standard InChI is InChI=1S/C27H35N3O3/c1-26(2,3)22-15-20(16-23(27(4,5)6)21(22)17-33-18-25(31)32)29(7)24-13-14-30(28-24)19-11-9-8-10-12-19/h8-16H,17-18H2,1-7H3,(H,31,32). The van der Waals surface area contributed by atoms with Crippen molar-refractivity contribution >= 4 is 17.5 Å². The summed E-state index contributed by atoms with van der Waals surface area (Å²) in [6, 6.07) is 16.4. The number of rotatable bonds is 7. The lowest BCUT2D eigenvalue weighted by Crippen LogP contribution is -2.24. The number of hydrogen-bond acceptors (Lipinski definition) is 4. The van der Waals surface area contributed by atoms with Crippen molar-refractivity contribution in [2.75, 3.05) is 18.6 Å². The maximum absolute atomic E-state index is 11.0. The van der Waals surface area contributed by atoms with E-state index in [9.17, 15) is 4.79 Å². The lowest BCUT2D eigenvalue weighted by Gasteiger charge is -2.32. The lowest BCUT2D eigenvalue weighted by atomic mass is 9.76. The van der Waals surface area contributed by atoms with Gasteiger partial charge in [-0.05, 0) is 51.8 Å². The zero-order valence-electron chi connectivity index (χ0n) is 20.7. The topological polar surface area (TPSA) is 67.6 Å². The molecular formula is C27H35N3O3. The molecule has 3 rings (SSSR count). The lowest BCUT2D eigenvalue weighted by molar-refractivity contribution is -0.142. The summed E-state index contributed by atoms with van der Waals surface area (Å²) in [4.78, 5) is 13.1. The van der Waals surface area contributed by atoms with Gasteiger partial charge in [-0.25, -0.2) is 9.48 Å². The molecule has 0 amide bonds. The minimum absolute atomic E-state index is 0.151. The van der Waals surface area contributed by atoms with Crippen molar-refractivity contribution in [3.8, 4) is 5.69 Å². The summed E-state index contributed by atoms with van der Waals surface area (Å²) in [7, 11) is 2.02. The van der Waals surface area contributed by atoms with E-state index < -0.39 is 5.97 Å². The number of ether oxygens (including phenoxy) is 1. The number of aliphatic carboxylic acids is 1. The van der Waals surface area contributed by atoms with Gasteiger partial charge < -0.3 is 14.7 Å². The van der Waals surface area contributed by atoms with Crippen molar-refractivity contribution in [1.29, 1.82) is 0 Å². The van der Waals surface area contributed by atoms with Gasteiger partial charge in [-0.15, -0.1) is 5.10 Å². The van der Waals surface area contributed by atoms with Gasteiger partial charge in [0.2, 0.25) is 0 Å². The van der Waals surface area contributed by atoms with Crippen LogP contribution in [0.25, 0.3) is 5.69 Å². The number of benzene rings is 2. The summed E-state index contributed by atoms with van der Waals surface area (Å²) < 4.78 is 7.43. The second-order valence-electron chi connectivity index (χ2n) is 10.4. The Morgan fingerprint density at radius 3 is 2.09 bits per heavy atom. The van der Waals surface area contributed by atoms with Crippen molar-refractivity contribution in [2.24, 2.45) is 0 Å². The van der Waals surface area contributed by atoms with E-state index in [-0.39, 0.29) is 24.0 Å². The molecule has 0 fully saturated rings. The Bertz CT molecular complexity index is 1070. The molecule has 0 aliphatic heterocycles. The molecule has 3 aromatic rings. The fourth-order valence-electron chi connectivity index (χ4n) is 3.93. The monoisotopic (exact) mass is 449 g/mol. The molecule has 1 N–H and O–H groups in total. The predicted molar refractivity (Wildman–Crippen MR) is 133 cm³/mol. The summed E-state index contributed by atoms with van der Waals surface area (Å²) in [5, 5.41) is 13.8. The van der Waals surface area contributed by atoms with Crippen LogP contribution in [0.4, 0.5) is 11.5 Å². The fourth-order valence-corrected chi connectivity index (χ4v) is 3.93. The molecule has 6 nitrogen and oxygen atoms in total. The normalized spacial score (nSPS) is 12.1. The molecule has 0 bridgehead atoms. The fraction of sp³-hybridized carbons (Fsp3) is 0.407. The Balaban J connectivity index is 2.07. The van der Waals surface area contributed by atoms with Crippen molar-refractivity contribution in [2.45, 2.75) is 59.0 Å². The first kappa shape index (κ1) is 24.5. The third kappa shape index (κ3) is 5.82. The number of hydrogen-bond donors (Lipinski definition) is 1. The van der Waals surface area contributed by atoms with Crippen LogP contribution in [0.5, 0.6) is 0 Å². The van der Waals surface area contributed by atoms with E-state index in [0.29, 0.717) is 0 Å². The molecule has 6 heteroatoms. The third-order valence-electron chi connectivity index (χ3n) is 5.65. The maximum atomic E-state index is 11.0. The molecule has 2 aromatic carbocycles. The first-order valence-corrected chi connectivity index (χ1v) is 11.2. The molecule has 0 radical (unpaired) electrons. The van der Waals surface area contributed by atoms with Crippen molar-refractivity contribution in [3.05, 3.63) is 71.4 Å². The van der Waals surface area contributed by atoms with Gasteiger partial charge in [0.15, 0.2) is 5.82 Å². The van der Waals surface area contributed by atoms with Crippen molar-refractivity contribution in [1.82, 2.24) is 9.78 Å². The summed E-state index contributed by atoms with van der Waals surface area (Å²) in [6.07, 6.45) is 1.96. The van der Waals surface area contributed by atoms with Gasteiger partial charge >= 0.3 is 5.97 Å². The van der Waals surface area contributed by atoms with Crippen molar-refractivity contribution in [3.63, 3.8) is 0 Å². The second-order valence-corrected chi connectivity index (χ2v) is 10.4. The minimum Gasteiger partial charge on any atom is -0.480 e. The average molecular weight is 450 g/mol. The highest BCUT2D eigenvalue weighted by atomic mass is 16.5. The van der Waals surface area contributed by atoms with Crippen LogP contribution in [0.3, 0.4) is 0 Å². The average Bonchev–Trinajstić information content (AvgIpc) is 3.22. The van der Waals surface area contributed by atoms with Gasteiger partial charge in [0, 0.05) is 25.0 Å². The van der Waals surface area contributed by atoms with E-state index in [0.717, 1.165) is 33.9 Å². The molecule has 1 heterocycles. The Labute approximate surface area is 196 Å². The summed E-state index contributed by atoms with van der Waals surface area (Å²) >= 11 is 0. The van der Waals surface area contributed by atoms with Crippen LogP contribution >= 0.6 is 0 Å². The van der Waals surface area contributed by atoms with E-state index >= 15 is 0 Å². The highest BCUT2D eigenvalue weighted by Crippen LogP contribution is 2.39. The van der Waals surface area contributed by atoms with Gasteiger partial charge in [-0.1, -0.05) is 59.7 Å². The number of anilines is 2. The van der Waals surface area contributed by atoms with E-state index in [1.165, 1.54) is 0 Å².